The molecule has 1 fully saturated rings. The van der Waals surface area contributed by atoms with Gasteiger partial charge >= 0.3 is 0 Å². The highest BCUT2D eigenvalue weighted by atomic mass is 16.2. The van der Waals surface area contributed by atoms with E-state index in [0.29, 0.717) is 43.4 Å². The fourth-order valence-electron chi connectivity index (χ4n) is 3.02. The van der Waals surface area contributed by atoms with Gasteiger partial charge in [-0.2, -0.15) is 5.26 Å². The van der Waals surface area contributed by atoms with Crippen molar-refractivity contribution in [2.24, 2.45) is 0 Å². The summed E-state index contributed by atoms with van der Waals surface area (Å²) in [5, 5.41) is 9.27. The number of benzene rings is 1. The molecule has 27 heavy (non-hydrogen) atoms. The van der Waals surface area contributed by atoms with Crippen LogP contribution in [0.1, 0.15) is 12.5 Å². The number of carbonyl (C=O) groups is 2. The number of hydrogen-bond donors (Lipinski definition) is 0. The number of para-hydroxylation sites is 1. The SMILES string of the molecule is CC(=O)N(CC(=O)N1CCN(c2ncccn2)CC1)c1ccccc1C#N. The minimum atomic E-state index is -0.276. The Morgan fingerprint density at radius 1 is 1.11 bits per heavy atom. The average Bonchev–Trinajstić information content (AvgIpc) is 2.72. The molecular weight excluding hydrogens is 344 g/mol. The summed E-state index contributed by atoms with van der Waals surface area (Å²) in [6, 6.07) is 10.6. The molecule has 0 radical (unpaired) electrons. The van der Waals surface area contributed by atoms with Crippen LogP contribution in [0.4, 0.5) is 11.6 Å². The predicted octanol–water partition coefficient (Wildman–Crippen LogP) is 1.05. The van der Waals surface area contributed by atoms with Gasteiger partial charge in [0.2, 0.25) is 17.8 Å². The lowest BCUT2D eigenvalue weighted by Gasteiger charge is -2.35. The van der Waals surface area contributed by atoms with Crippen LogP contribution in [0.25, 0.3) is 0 Å². The van der Waals surface area contributed by atoms with Crippen LogP contribution in [0.15, 0.2) is 42.7 Å². The summed E-state index contributed by atoms with van der Waals surface area (Å²) >= 11 is 0. The first-order valence-corrected chi connectivity index (χ1v) is 8.67. The molecule has 0 spiro atoms. The highest BCUT2D eigenvalue weighted by molar-refractivity contribution is 5.98. The van der Waals surface area contributed by atoms with Crippen molar-refractivity contribution in [3.8, 4) is 6.07 Å². The summed E-state index contributed by atoms with van der Waals surface area (Å²) in [5.41, 5.74) is 0.823. The maximum atomic E-state index is 12.7. The predicted molar refractivity (Wildman–Crippen MR) is 100 cm³/mol. The van der Waals surface area contributed by atoms with Gasteiger partial charge in [-0.05, 0) is 18.2 Å². The first-order valence-electron chi connectivity index (χ1n) is 8.67. The Hall–Kier alpha value is -3.47. The van der Waals surface area contributed by atoms with Crippen molar-refractivity contribution in [1.29, 1.82) is 5.26 Å². The van der Waals surface area contributed by atoms with Crippen molar-refractivity contribution < 1.29 is 9.59 Å². The second kappa shape index (κ2) is 8.27. The molecule has 1 saturated heterocycles. The van der Waals surface area contributed by atoms with Crippen LogP contribution in [0.2, 0.25) is 0 Å². The Morgan fingerprint density at radius 2 is 1.78 bits per heavy atom. The van der Waals surface area contributed by atoms with Crippen molar-refractivity contribution in [3.63, 3.8) is 0 Å². The molecule has 138 valence electrons. The number of anilines is 2. The van der Waals surface area contributed by atoms with Gasteiger partial charge in [0.1, 0.15) is 12.6 Å². The minimum absolute atomic E-state index is 0.0874. The minimum Gasteiger partial charge on any atom is -0.338 e. The molecule has 2 amide bonds. The first-order chi connectivity index (χ1) is 13.1. The van der Waals surface area contributed by atoms with Crippen LogP contribution in [0, 0.1) is 11.3 Å². The summed E-state index contributed by atoms with van der Waals surface area (Å²) in [6.07, 6.45) is 3.38. The average molecular weight is 364 g/mol. The summed E-state index contributed by atoms with van der Waals surface area (Å²) in [6.45, 7) is 3.63. The second-order valence-corrected chi connectivity index (χ2v) is 6.15. The van der Waals surface area contributed by atoms with Crippen LogP contribution in [0.5, 0.6) is 0 Å². The van der Waals surface area contributed by atoms with Crippen molar-refractivity contribution in [1.82, 2.24) is 14.9 Å². The molecule has 0 saturated carbocycles. The highest BCUT2D eigenvalue weighted by Crippen LogP contribution is 2.20. The molecule has 3 rings (SSSR count). The zero-order valence-corrected chi connectivity index (χ0v) is 15.1. The molecule has 2 aromatic rings. The summed E-state index contributed by atoms with van der Waals surface area (Å²) in [5.74, 6) is 0.229. The third-order valence-corrected chi connectivity index (χ3v) is 4.46. The van der Waals surface area contributed by atoms with Crippen LogP contribution in [0.3, 0.4) is 0 Å². The molecule has 1 aromatic carbocycles. The number of amides is 2. The van der Waals surface area contributed by atoms with Gasteiger partial charge < -0.3 is 14.7 Å². The monoisotopic (exact) mass is 364 g/mol. The molecule has 0 unspecified atom stereocenters. The Morgan fingerprint density at radius 3 is 2.41 bits per heavy atom. The van der Waals surface area contributed by atoms with E-state index in [9.17, 15) is 14.9 Å². The van der Waals surface area contributed by atoms with Crippen molar-refractivity contribution in [3.05, 3.63) is 48.3 Å². The third kappa shape index (κ3) is 4.20. The molecule has 0 aliphatic carbocycles. The van der Waals surface area contributed by atoms with E-state index in [4.69, 9.17) is 0 Å². The van der Waals surface area contributed by atoms with E-state index < -0.39 is 0 Å². The van der Waals surface area contributed by atoms with Gasteiger partial charge in [0.05, 0.1) is 11.3 Å². The second-order valence-electron chi connectivity index (χ2n) is 6.15. The van der Waals surface area contributed by atoms with E-state index >= 15 is 0 Å². The fraction of sp³-hybridized carbons (Fsp3) is 0.316. The number of carbonyl (C=O) groups excluding carboxylic acids is 2. The molecule has 0 bridgehead atoms. The molecule has 0 atom stereocenters. The largest absolute Gasteiger partial charge is 0.338 e. The Balaban J connectivity index is 1.66. The van der Waals surface area contributed by atoms with Crippen LogP contribution < -0.4 is 9.80 Å². The lowest BCUT2D eigenvalue weighted by atomic mass is 10.1. The van der Waals surface area contributed by atoms with E-state index in [1.54, 1.807) is 47.6 Å². The number of hydrogen-bond acceptors (Lipinski definition) is 6. The van der Waals surface area contributed by atoms with Crippen molar-refractivity contribution >= 4 is 23.5 Å². The van der Waals surface area contributed by atoms with Gasteiger partial charge in [-0.15, -0.1) is 0 Å². The molecule has 1 aromatic heterocycles. The molecule has 1 aliphatic heterocycles. The van der Waals surface area contributed by atoms with E-state index in [1.807, 2.05) is 4.90 Å². The molecular formula is C19H20N6O2. The molecule has 1 aliphatic rings. The van der Waals surface area contributed by atoms with Gasteiger partial charge in [0.25, 0.3) is 0 Å². The van der Waals surface area contributed by atoms with E-state index in [-0.39, 0.29) is 18.4 Å². The van der Waals surface area contributed by atoms with Crippen LogP contribution in [-0.2, 0) is 9.59 Å². The maximum absolute atomic E-state index is 12.7. The first kappa shape index (κ1) is 18.3. The standard InChI is InChI=1S/C19H20N6O2/c1-15(26)25(17-6-3-2-5-16(17)13-20)14-18(27)23-9-11-24(12-10-23)19-21-7-4-8-22-19/h2-8H,9-12,14H2,1H3. The zero-order chi connectivity index (χ0) is 19.2. The van der Waals surface area contributed by atoms with E-state index in [0.717, 1.165) is 0 Å². The van der Waals surface area contributed by atoms with Crippen molar-refractivity contribution in [2.45, 2.75) is 6.92 Å². The lowest BCUT2D eigenvalue weighted by Crippen LogP contribution is -2.52. The number of nitrogens with zero attached hydrogens (tertiary/aromatic N) is 6. The van der Waals surface area contributed by atoms with Gasteiger partial charge in [-0.3, -0.25) is 9.59 Å². The topological polar surface area (TPSA) is 93.4 Å². The normalized spacial score (nSPS) is 13.8. The number of piperazine rings is 1. The molecule has 2 heterocycles. The summed E-state index contributed by atoms with van der Waals surface area (Å²) in [4.78, 5) is 38.4. The molecule has 8 heteroatoms. The maximum Gasteiger partial charge on any atom is 0.242 e. The van der Waals surface area contributed by atoms with Crippen LogP contribution >= 0.6 is 0 Å². The molecule has 8 nitrogen and oxygen atoms in total. The highest BCUT2D eigenvalue weighted by Gasteiger charge is 2.26. The number of nitriles is 1. The fourth-order valence-corrected chi connectivity index (χ4v) is 3.02. The zero-order valence-electron chi connectivity index (χ0n) is 15.1. The van der Waals surface area contributed by atoms with Gasteiger partial charge in [0.15, 0.2) is 0 Å². The van der Waals surface area contributed by atoms with Crippen molar-refractivity contribution in [2.75, 3.05) is 42.5 Å². The quantitative estimate of drug-likeness (QED) is 0.805. The Bertz CT molecular complexity index is 856. The number of aromatic nitrogens is 2. The van der Waals surface area contributed by atoms with E-state index in [2.05, 4.69) is 16.0 Å². The summed E-state index contributed by atoms with van der Waals surface area (Å²) in [7, 11) is 0. The van der Waals surface area contributed by atoms with E-state index in [1.165, 1.54) is 11.8 Å². The van der Waals surface area contributed by atoms with Gasteiger partial charge in [-0.25, -0.2) is 9.97 Å². The Kier molecular flexibility index (Phi) is 5.61. The Labute approximate surface area is 157 Å². The summed E-state index contributed by atoms with van der Waals surface area (Å²) < 4.78 is 0. The third-order valence-electron chi connectivity index (χ3n) is 4.46. The van der Waals surface area contributed by atoms with Gasteiger partial charge in [-0.1, -0.05) is 12.1 Å². The van der Waals surface area contributed by atoms with Crippen LogP contribution in [-0.4, -0.2) is 59.4 Å². The van der Waals surface area contributed by atoms with Gasteiger partial charge in [0, 0.05) is 45.5 Å². The number of rotatable bonds is 4. The lowest BCUT2D eigenvalue weighted by molar-refractivity contribution is -0.131. The smallest absolute Gasteiger partial charge is 0.242 e. The molecule has 0 N–H and O–H groups in total.